The summed E-state index contributed by atoms with van der Waals surface area (Å²) in [6.07, 6.45) is 4.25. The molecule has 0 fully saturated rings. The van der Waals surface area contributed by atoms with Crippen molar-refractivity contribution in [2.24, 2.45) is 0 Å². The first-order chi connectivity index (χ1) is 11.0. The second kappa shape index (κ2) is 7.89. The normalized spacial score (nSPS) is 10.2. The van der Waals surface area contributed by atoms with Crippen molar-refractivity contribution < 1.29 is 9.59 Å². The van der Waals surface area contributed by atoms with Gasteiger partial charge in [0.15, 0.2) is 0 Å². The first-order valence-corrected chi connectivity index (χ1v) is 7.57. The third kappa shape index (κ3) is 4.64. The van der Waals surface area contributed by atoms with Crippen molar-refractivity contribution in [3.05, 3.63) is 52.5 Å². The Kier molecular flexibility index (Phi) is 5.90. The highest BCUT2D eigenvalue weighted by atomic mass is 35.5. The topological polar surface area (TPSA) is 75.2 Å². The van der Waals surface area contributed by atoms with Crippen LogP contribution in [0.5, 0.6) is 0 Å². The minimum atomic E-state index is -0.381. The van der Waals surface area contributed by atoms with Crippen molar-refractivity contribution in [2.45, 2.75) is 6.92 Å². The molecular weight excluding hydrogens is 339 g/mol. The van der Waals surface area contributed by atoms with Gasteiger partial charge in [0.2, 0.25) is 5.91 Å². The van der Waals surface area contributed by atoms with E-state index in [1.807, 2.05) is 0 Å². The maximum atomic E-state index is 12.3. The number of aromatic nitrogens is 2. The van der Waals surface area contributed by atoms with E-state index in [1.54, 1.807) is 25.1 Å². The number of rotatable bonds is 5. The number of carbonyl (C=O) groups excluding carboxylic acids is 2. The van der Waals surface area contributed by atoms with E-state index >= 15 is 0 Å². The number of nitrogens with zero attached hydrogens (tertiary/aromatic N) is 3. The quantitative estimate of drug-likeness (QED) is 0.897. The fourth-order valence-electron chi connectivity index (χ4n) is 1.86. The molecule has 0 atom stereocenters. The van der Waals surface area contributed by atoms with Gasteiger partial charge in [-0.2, -0.15) is 0 Å². The van der Waals surface area contributed by atoms with Gasteiger partial charge in [0.05, 0.1) is 16.9 Å². The molecule has 23 heavy (non-hydrogen) atoms. The molecule has 2 rings (SSSR count). The number of carbonyl (C=O) groups is 2. The van der Waals surface area contributed by atoms with E-state index in [9.17, 15) is 9.59 Å². The average molecular weight is 353 g/mol. The molecule has 0 unspecified atom stereocenters. The third-order valence-corrected chi connectivity index (χ3v) is 3.55. The molecule has 0 radical (unpaired) electrons. The van der Waals surface area contributed by atoms with E-state index < -0.39 is 0 Å². The maximum absolute atomic E-state index is 12.3. The molecule has 8 heteroatoms. The number of amides is 2. The fraction of sp³-hybridized carbons (Fsp3) is 0.200. The van der Waals surface area contributed by atoms with Gasteiger partial charge in [-0.1, -0.05) is 23.2 Å². The molecule has 120 valence electrons. The van der Waals surface area contributed by atoms with Crippen LogP contribution in [-0.2, 0) is 4.79 Å². The third-order valence-electron chi connectivity index (χ3n) is 2.99. The highest BCUT2D eigenvalue weighted by Crippen LogP contribution is 2.25. The molecule has 0 aliphatic rings. The largest absolute Gasteiger partial charge is 0.328 e. The summed E-state index contributed by atoms with van der Waals surface area (Å²) in [7, 11) is 0. The lowest BCUT2D eigenvalue weighted by atomic mass is 10.3. The van der Waals surface area contributed by atoms with E-state index in [-0.39, 0.29) is 24.1 Å². The summed E-state index contributed by atoms with van der Waals surface area (Å²) in [4.78, 5) is 33.6. The predicted octanol–water partition coefficient (Wildman–Crippen LogP) is 2.88. The maximum Gasteiger partial charge on any atom is 0.274 e. The van der Waals surface area contributed by atoms with Crippen molar-refractivity contribution in [1.29, 1.82) is 0 Å². The van der Waals surface area contributed by atoms with Gasteiger partial charge >= 0.3 is 0 Å². The fourth-order valence-corrected chi connectivity index (χ4v) is 2.19. The molecular formula is C15H14Cl2N4O2. The van der Waals surface area contributed by atoms with E-state index in [4.69, 9.17) is 23.2 Å². The summed E-state index contributed by atoms with van der Waals surface area (Å²) in [6.45, 7) is 1.99. The summed E-state index contributed by atoms with van der Waals surface area (Å²) in [5, 5.41) is 3.46. The van der Waals surface area contributed by atoms with Gasteiger partial charge in [0.1, 0.15) is 12.2 Å². The van der Waals surface area contributed by atoms with E-state index in [0.29, 0.717) is 22.3 Å². The number of likely N-dealkylation sites (N-methyl/N-ethyl adjacent to an activating group) is 1. The molecule has 1 aromatic heterocycles. The van der Waals surface area contributed by atoms with Crippen molar-refractivity contribution in [3.63, 3.8) is 0 Å². The number of benzene rings is 1. The van der Waals surface area contributed by atoms with Crippen LogP contribution in [0.2, 0.25) is 10.0 Å². The lowest BCUT2D eigenvalue weighted by Crippen LogP contribution is -2.38. The molecule has 1 heterocycles. The molecule has 0 saturated carbocycles. The Labute approximate surface area is 143 Å². The van der Waals surface area contributed by atoms with Gasteiger partial charge in [-0.3, -0.25) is 14.6 Å². The zero-order chi connectivity index (χ0) is 16.8. The lowest BCUT2D eigenvalue weighted by molar-refractivity contribution is -0.116. The monoisotopic (exact) mass is 352 g/mol. The van der Waals surface area contributed by atoms with E-state index in [0.717, 1.165) is 0 Å². The molecule has 0 spiro atoms. The van der Waals surface area contributed by atoms with Crippen molar-refractivity contribution in [3.8, 4) is 0 Å². The molecule has 0 saturated heterocycles. The zero-order valence-corrected chi connectivity index (χ0v) is 13.8. The lowest BCUT2D eigenvalue weighted by Gasteiger charge is -2.20. The van der Waals surface area contributed by atoms with Gasteiger partial charge in [-0.05, 0) is 25.1 Å². The Bertz CT molecular complexity index is 710. The summed E-state index contributed by atoms with van der Waals surface area (Å²) < 4.78 is 0. The molecule has 6 nitrogen and oxygen atoms in total. The van der Waals surface area contributed by atoms with Gasteiger partial charge < -0.3 is 10.2 Å². The summed E-state index contributed by atoms with van der Waals surface area (Å²) >= 11 is 11.9. The Morgan fingerprint density at radius 1 is 1.26 bits per heavy atom. The highest BCUT2D eigenvalue weighted by molar-refractivity contribution is 6.35. The summed E-state index contributed by atoms with van der Waals surface area (Å²) in [5.41, 5.74) is 0.579. The van der Waals surface area contributed by atoms with Crippen molar-refractivity contribution in [1.82, 2.24) is 14.9 Å². The predicted molar refractivity (Wildman–Crippen MR) is 88.7 cm³/mol. The average Bonchev–Trinajstić information content (AvgIpc) is 2.56. The van der Waals surface area contributed by atoms with E-state index in [2.05, 4.69) is 15.3 Å². The Hall–Kier alpha value is -2.18. The molecule has 0 aliphatic heterocycles. The van der Waals surface area contributed by atoms with Crippen LogP contribution in [0.25, 0.3) is 0 Å². The molecule has 2 aromatic rings. The SMILES string of the molecule is CCN(CC(=O)Nc1cc(Cl)ccc1Cl)C(=O)c1cnccn1. The molecule has 0 aliphatic carbocycles. The molecule has 2 amide bonds. The Morgan fingerprint density at radius 2 is 2.04 bits per heavy atom. The zero-order valence-electron chi connectivity index (χ0n) is 12.3. The van der Waals surface area contributed by atoms with Gasteiger partial charge in [-0.25, -0.2) is 4.98 Å². The van der Waals surface area contributed by atoms with Crippen LogP contribution in [0, 0.1) is 0 Å². The summed E-state index contributed by atoms with van der Waals surface area (Å²) in [5.74, 6) is -0.749. The second-order valence-corrected chi connectivity index (χ2v) is 5.43. The van der Waals surface area contributed by atoms with Crippen LogP contribution in [0.15, 0.2) is 36.8 Å². The number of anilines is 1. The molecule has 1 N–H and O–H groups in total. The van der Waals surface area contributed by atoms with Gasteiger partial charge in [-0.15, -0.1) is 0 Å². The minimum Gasteiger partial charge on any atom is -0.328 e. The summed E-state index contributed by atoms with van der Waals surface area (Å²) in [6, 6.07) is 4.75. The van der Waals surface area contributed by atoms with Crippen molar-refractivity contribution in [2.75, 3.05) is 18.4 Å². The van der Waals surface area contributed by atoms with Gasteiger partial charge in [0.25, 0.3) is 5.91 Å². The van der Waals surface area contributed by atoms with Crippen LogP contribution >= 0.6 is 23.2 Å². The van der Waals surface area contributed by atoms with Crippen LogP contribution in [0.3, 0.4) is 0 Å². The van der Waals surface area contributed by atoms with Crippen LogP contribution in [0.4, 0.5) is 5.69 Å². The number of halogens is 2. The Balaban J connectivity index is 2.05. The highest BCUT2D eigenvalue weighted by Gasteiger charge is 2.19. The molecule has 1 aromatic carbocycles. The smallest absolute Gasteiger partial charge is 0.274 e. The Morgan fingerprint density at radius 3 is 2.70 bits per heavy atom. The number of nitrogens with one attached hydrogen (secondary N) is 1. The van der Waals surface area contributed by atoms with Crippen LogP contribution in [0.1, 0.15) is 17.4 Å². The molecule has 0 bridgehead atoms. The van der Waals surface area contributed by atoms with Crippen LogP contribution in [-0.4, -0.2) is 39.8 Å². The minimum absolute atomic E-state index is 0.130. The first kappa shape index (κ1) is 17.2. The second-order valence-electron chi connectivity index (χ2n) is 4.58. The number of hydrogen-bond donors (Lipinski definition) is 1. The van der Waals surface area contributed by atoms with Gasteiger partial charge in [0, 0.05) is 24.0 Å². The standard InChI is InChI=1S/C15H14Cl2N4O2/c1-2-21(15(23)13-8-18-5-6-19-13)9-14(22)20-12-7-10(16)3-4-11(12)17/h3-8H,2,9H2,1H3,(H,20,22). The number of hydrogen-bond acceptors (Lipinski definition) is 4. The van der Waals surface area contributed by atoms with Crippen molar-refractivity contribution >= 4 is 40.7 Å². The van der Waals surface area contributed by atoms with E-state index in [1.165, 1.54) is 23.5 Å². The first-order valence-electron chi connectivity index (χ1n) is 6.81. The van der Waals surface area contributed by atoms with Crippen LogP contribution < -0.4 is 5.32 Å².